The lowest BCUT2D eigenvalue weighted by atomic mass is 9.86. The average Bonchev–Trinajstić information content (AvgIpc) is 2.18. The quantitative estimate of drug-likeness (QED) is 0.533. The summed E-state index contributed by atoms with van der Waals surface area (Å²) in [6.45, 7) is 4.35. The molecule has 0 fully saturated rings. The van der Waals surface area contributed by atoms with Crippen LogP contribution in [-0.4, -0.2) is 11.4 Å². The van der Waals surface area contributed by atoms with Gasteiger partial charge in [-0.3, -0.25) is 5.73 Å². The van der Waals surface area contributed by atoms with Crippen LogP contribution in [-0.2, 0) is 0 Å². The molecule has 1 nitrogen and oxygen atoms in total. The van der Waals surface area contributed by atoms with Crippen LogP contribution in [0, 0.1) is 5.41 Å². The monoisotopic (exact) mass is 192 g/mol. The van der Waals surface area contributed by atoms with Gasteiger partial charge in [0.2, 0.25) is 0 Å². The van der Waals surface area contributed by atoms with E-state index in [-0.39, 0.29) is 5.41 Å². The van der Waals surface area contributed by atoms with Crippen molar-refractivity contribution in [3.8, 4) is 0 Å². The number of thiocarbonyl (C=S) groups is 1. The van der Waals surface area contributed by atoms with Crippen molar-refractivity contribution in [1.29, 1.82) is 0 Å². The molecule has 0 aliphatic heterocycles. The Balaban J connectivity index is 2.93. The molecular formula is C11H14NS. The molecule has 2 heteroatoms. The van der Waals surface area contributed by atoms with E-state index in [1.165, 1.54) is 0 Å². The van der Waals surface area contributed by atoms with Gasteiger partial charge in [-0.05, 0) is 5.56 Å². The van der Waals surface area contributed by atoms with Gasteiger partial charge in [0, 0.05) is 16.8 Å². The van der Waals surface area contributed by atoms with E-state index in [9.17, 15) is 0 Å². The summed E-state index contributed by atoms with van der Waals surface area (Å²) >= 11 is 5.34. The van der Waals surface area contributed by atoms with Crippen molar-refractivity contribution < 1.29 is 0 Å². The van der Waals surface area contributed by atoms with Crippen molar-refractivity contribution in [3.63, 3.8) is 0 Å². The molecule has 0 aliphatic carbocycles. The summed E-state index contributed by atoms with van der Waals surface area (Å²) in [5.74, 6) is 0. The Morgan fingerprint density at radius 3 is 2.31 bits per heavy atom. The lowest BCUT2D eigenvalue weighted by Crippen LogP contribution is -2.28. The normalized spacial score (nSPS) is 11.3. The van der Waals surface area contributed by atoms with Crippen LogP contribution in [0.3, 0.4) is 0 Å². The predicted octanol–water partition coefficient (Wildman–Crippen LogP) is 2.71. The molecule has 0 atom stereocenters. The van der Waals surface area contributed by atoms with Crippen LogP contribution in [0.4, 0.5) is 0 Å². The van der Waals surface area contributed by atoms with Gasteiger partial charge >= 0.3 is 0 Å². The molecule has 0 heterocycles. The van der Waals surface area contributed by atoms with E-state index < -0.39 is 0 Å². The molecular weight excluding hydrogens is 178 g/mol. The van der Waals surface area contributed by atoms with E-state index in [1.807, 2.05) is 44.2 Å². The van der Waals surface area contributed by atoms with Gasteiger partial charge in [0.25, 0.3) is 0 Å². The fraction of sp³-hybridized carbons (Fsp3) is 0.364. The molecule has 1 aromatic rings. The van der Waals surface area contributed by atoms with Crippen LogP contribution < -0.4 is 5.73 Å². The zero-order chi connectivity index (χ0) is 9.90. The van der Waals surface area contributed by atoms with Crippen LogP contribution in [0.5, 0.6) is 0 Å². The van der Waals surface area contributed by atoms with E-state index in [2.05, 4.69) is 0 Å². The Labute approximate surface area is 85.0 Å². The highest BCUT2D eigenvalue weighted by Gasteiger charge is 2.22. The number of hydrogen-bond donors (Lipinski definition) is 0. The number of hydrogen-bond acceptors (Lipinski definition) is 1. The second-order valence-electron chi connectivity index (χ2n) is 3.76. The van der Waals surface area contributed by atoms with Crippen LogP contribution in [0.2, 0.25) is 0 Å². The SMILES string of the molecule is CC(C)(C[NH])C(=S)c1ccccc1. The summed E-state index contributed by atoms with van der Waals surface area (Å²) in [6.07, 6.45) is 0. The second kappa shape index (κ2) is 3.99. The molecule has 1 N–H and O–H groups in total. The average molecular weight is 192 g/mol. The number of rotatable bonds is 3. The van der Waals surface area contributed by atoms with E-state index in [0.717, 1.165) is 10.4 Å². The van der Waals surface area contributed by atoms with Gasteiger partial charge in [0.05, 0.1) is 0 Å². The lowest BCUT2D eigenvalue weighted by molar-refractivity contribution is 0.538. The van der Waals surface area contributed by atoms with Gasteiger partial charge in [-0.15, -0.1) is 0 Å². The molecule has 0 aromatic heterocycles. The van der Waals surface area contributed by atoms with Gasteiger partial charge in [-0.25, -0.2) is 0 Å². The lowest BCUT2D eigenvalue weighted by Gasteiger charge is -2.23. The third kappa shape index (κ3) is 2.36. The zero-order valence-electron chi connectivity index (χ0n) is 8.00. The smallest absolute Gasteiger partial charge is 0.0294 e. The van der Waals surface area contributed by atoms with Crippen molar-refractivity contribution in [3.05, 3.63) is 35.9 Å². The largest absolute Gasteiger partial charge is 0.257 e. The summed E-state index contributed by atoms with van der Waals surface area (Å²) in [5, 5.41) is 0. The minimum atomic E-state index is -0.198. The first kappa shape index (κ1) is 10.4. The maximum atomic E-state index is 7.40. The highest BCUT2D eigenvalue weighted by Crippen LogP contribution is 2.21. The topological polar surface area (TPSA) is 23.8 Å². The molecule has 0 amide bonds. The molecule has 0 bridgehead atoms. The Kier molecular flexibility index (Phi) is 3.17. The number of benzene rings is 1. The van der Waals surface area contributed by atoms with E-state index in [1.54, 1.807) is 0 Å². The van der Waals surface area contributed by atoms with E-state index >= 15 is 0 Å². The summed E-state index contributed by atoms with van der Waals surface area (Å²) in [7, 11) is 0. The molecule has 13 heavy (non-hydrogen) atoms. The van der Waals surface area contributed by atoms with Gasteiger partial charge in [0.1, 0.15) is 0 Å². The Hall–Kier alpha value is -0.730. The summed E-state index contributed by atoms with van der Waals surface area (Å²) in [4.78, 5) is 0.878. The fourth-order valence-corrected chi connectivity index (χ4v) is 1.27. The zero-order valence-corrected chi connectivity index (χ0v) is 8.82. The first-order valence-electron chi connectivity index (χ1n) is 4.32. The maximum Gasteiger partial charge on any atom is 0.0294 e. The standard InChI is InChI=1S/C11H14NS/c1-11(2,8-12)10(13)9-6-4-3-5-7-9/h3-7,12H,8H2,1-2H3. The molecule has 0 saturated carbocycles. The summed E-state index contributed by atoms with van der Waals surface area (Å²) in [5.41, 5.74) is 8.26. The fourth-order valence-electron chi connectivity index (χ4n) is 1.06. The van der Waals surface area contributed by atoms with Crippen LogP contribution in [0.1, 0.15) is 19.4 Å². The van der Waals surface area contributed by atoms with Crippen molar-refractivity contribution in [2.45, 2.75) is 13.8 Å². The molecule has 0 aliphatic rings. The first-order valence-corrected chi connectivity index (χ1v) is 4.73. The second-order valence-corrected chi connectivity index (χ2v) is 4.16. The van der Waals surface area contributed by atoms with Crippen molar-refractivity contribution in [2.75, 3.05) is 6.54 Å². The van der Waals surface area contributed by atoms with Crippen molar-refractivity contribution in [1.82, 2.24) is 5.73 Å². The minimum Gasteiger partial charge on any atom is -0.257 e. The Bertz CT molecular complexity index is 290. The van der Waals surface area contributed by atoms with Crippen LogP contribution in [0.15, 0.2) is 30.3 Å². The molecule has 69 valence electrons. The third-order valence-corrected chi connectivity index (χ3v) is 2.88. The Morgan fingerprint density at radius 1 is 1.31 bits per heavy atom. The summed E-state index contributed by atoms with van der Waals surface area (Å²) in [6, 6.07) is 9.92. The van der Waals surface area contributed by atoms with Crippen LogP contribution in [0.25, 0.3) is 0 Å². The van der Waals surface area contributed by atoms with Gasteiger partial charge in [-0.1, -0.05) is 56.4 Å². The highest BCUT2D eigenvalue weighted by atomic mass is 32.1. The highest BCUT2D eigenvalue weighted by molar-refractivity contribution is 7.81. The third-order valence-electron chi connectivity index (χ3n) is 2.09. The molecule has 1 aromatic carbocycles. The number of nitrogens with one attached hydrogen (secondary N) is 1. The van der Waals surface area contributed by atoms with Crippen LogP contribution >= 0.6 is 12.2 Å². The van der Waals surface area contributed by atoms with Gasteiger partial charge in [-0.2, -0.15) is 0 Å². The van der Waals surface area contributed by atoms with E-state index in [4.69, 9.17) is 18.0 Å². The molecule has 0 spiro atoms. The molecule has 1 rings (SSSR count). The summed E-state index contributed by atoms with van der Waals surface area (Å²) < 4.78 is 0. The molecule has 1 radical (unpaired) electrons. The van der Waals surface area contributed by atoms with Gasteiger partial charge < -0.3 is 0 Å². The van der Waals surface area contributed by atoms with Crippen molar-refractivity contribution >= 4 is 17.1 Å². The molecule has 0 unspecified atom stereocenters. The van der Waals surface area contributed by atoms with E-state index in [0.29, 0.717) is 6.54 Å². The van der Waals surface area contributed by atoms with Crippen molar-refractivity contribution in [2.24, 2.45) is 5.41 Å². The Morgan fingerprint density at radius 2 is 1.85 bits per heavy atom. The molecule has 0 saturated heterocycles. The van der Waals surface area contributed by atoms with Gasteiger partial charge in [0.15, 0.2) is 0 Å². The predicted molar refractivity (Wildman–Crippen MR) is 59.9 cm³/mol. The minimum absolute atomic E-state index is 0.198. The maximum absolute atomic E-state index is 7.40. The first-order chi connectivity index (χ1) is 6.08.